The molecule has 1 N–H and O–H groups in total. The molecule has 30 heavy (non-hydrogen) atoms. The molecule has 2 aromatic carbocycles. The van der Waals surface area contributed by atoms with Gasteiger partial charge in [0, 0.05) is 38.4 Å². The van der Waals surface area contributed by atoms with Crippen molar-refractivity contribution in [2.45, 2.75) is 19.4 Å². The number of hydrogen-bond donors (Lipinski definition) is 1. The normalized spacial score (nSPS) is 15.1. The maximum atomic E-state index is 10.2. The van der Waals surface area contributed by atoms with E-state index in [-0.39, 0.29) is 24.8 Å². The predicted octanol–water partition coefficient (Wildman–Crippen LogP) is 3.67. The van der Waals surface area contributed by atoms with Crippen molar-refractivity contribution in [3.8, 4) is 5.75 Å². The third-order valence-corrected chi connectivity index (χ3v) is 5.10. The zero-order chi connectivity index (χ0) is 19.6. The Morgan fingerprint density at radius 2 is 1.57 bits per heavy atom. The topological polar surface area (TPSA) is 45.2 Å². The molecule has 0 spiro atoms. The summed E-state index contributed by atoms with van der Waals surface area (Å²) in [4.78, 5) is 4.70. The smallest absolute Gasteiger partial charge is 0.119 e. The van der Waals surface area contributed by atoms with E-state index in [1.54, 1.807) is 0 Å². The van der Waals surface area contributed by atoms with Gasteiger partial charge in [-0.05, 0) is 36.2 Å². The molecule has 1 aliphatic heterocycles. The molecular weight excluding hydrogens is 423 g/mol. The van der Waals surface area contributed by atoms with Gasteiger partial charge in [-0.1, -0.05) is 37.3 Å². The van der Waals surface area contributed by atoms with Crippen LogP contribution in [-0.4, -0.2) is 68.7 Å². The molecule has 3 rings (SSSR count). The highest BCUT2D eigenvalue weighted by molar-refractivity contribution is 5.85. The number of aliphatic hydroxyl groups is 1. The molecule has 0 aromatic heterocycles. The van der Waals surface area contributed by atoms with Gasteiger partial charge in [0.05, 0.1) is 19.3 Å². The number of hydrogen-bond acceptors (Lipinski definition) is 5. The Hall–Kier alpha value is -1.50. The van der Waals surface area contributed by atoms with Gasteiger partial charge in [-0.2, -0.15) is 0 Å². The van der Waals surface area contributed by atoms with Crippen molar-refractivity contribution in [2.75, 3.05) is 57.4 Å². The second-order valence-corrected chi connectivity index (χ2v) is 7.20. The van der Waals surface area contributed by atoms with Crippen molar-refractivity contribution in [1.82, 2.24) is 4.90 Å². The number of para-hydroxylation sites is 1. The van der Waals surface area contributed by atoms with E-state index >= 15 is 0 Å². The van der Waals surface area contributed by atoms with Crippen LogP contribution in [0.4, 0.5) is 5.69 Å². The molecule has 1 saturated heterocycles. The fourth-order valence-corrected chi connectivity index (χ4v) is 3.44. The Labute approximate surface area is 192 Å². The molecule has 7 heteroatoms. The lowest BCUT2D eigenvalue weighted by molar-refractivity contribution is 0.00718. The van der Waals surface area contributed by atoms with Gasteiger partial charge >= 0.3 is 0 Å². The van der Waals surface area contributed by atoms with Crippen molar-refractivity contribution in [2.24, 2.45) is 0 Å². The number of β-amino-alcohol motifs (C(OH)–C–C–N with tert-alkyl or cyclic N) is 1. The Balaban J connectivity index is 0.00000225. The summed E-state index contributed by atoms with van der Waals surface area (Å²) in [5, 5.41) is 10.2. The molecule has 0 saturated carbocycles. The molecule has 1 unspecified atom stereocenters. The van der Waals surface area contributed by atoms with E-state index < -0.39 is 6.10 Å². The summed E-state index contributed by atoms with van der Waals surface area (Å²) in [5.41, 5.74) is 2.58. The van der Waals surface area contributed by atoms with E-state index in [0.29, 0.717) is 26.4 Å². The molecule has 0 bridgehead atoms. The number of halogens is 2. The van der Waals surface area contributed by atoms with Crippen LogP contribution in [-0.2, 0) is 11.2 Å². The van der Waals surface area contributed by atoms with E-state index in [4.69, 9.17) is 9.47 Å². The highest BCUT2D eigenvalue weighted by atomic mass is 35.5. The molecule has 2 aromatic rings. The van der Waals surface area contributed by atoms with Crippen LogP contribution in [0.15, 0.2) is 54.6 Å². The summed E-state index contributed by atoms with van der Waals surface area (Å²) in [5.74, 6) is 0.859. The minimum atomic E-state index is -0.466. The fraction of sp³-hybridized carbons (Fsp3) is 0.478. The third-order valence-electron chi connectivity index (χ3n) is 5.10. The lowest BCUT2D eigenvalue weighted by Gasteiger charge is -2.36. The first kappa shape index (κ1) is 26.5. The Kier molecular flexibility index (Phi) is 12.8. The van der Waals surface area contributed by atoms with Crippen LogP contribution in [0.1, 0.15) is 12.5 Å². The molecular formula is C23H34Cl2N2O3. The summed E-state index contributed by atoms with van der Waals surface area (Å²) < 4.78 is 11.3. The highest BCUT2D eigenvalue weighted by Crippen LogP contribution is 2.15. The number of ether oxygens (including phenoxy) is 2. The summed E-state index contributed by atoms with van der Waals surface area (Å²) in [6.45, 7) is 8.01. The van der Waals surface area contributed by atoms with Gasteiger partial charge < -0.3 is 19.5 Å². The maximum absolute atomic E-state index is 10.2. The molecule has 5 nitrogen and oxygen atoms in total. The molecule has 1 heterocycles. The number of anilines is 1. The van der Waals surface area contributed by atoms with Crippen LogP contribution < -0.4 is 9.64 Å². The van der Waals surface area contributed by atoms with Crippen molar-refractivity contribution in [1.29, 1.82) is 0 Å². The van der Waals surface area contributed by atoms with E-state index in [9.17, 15) is 5.11 Å². The molecule has 168 valence electrons. The van der Waals surface area contributed by atoms with E-state index in [1.807, 2.05) is 18.2 Å². The first-order valence-electron chi connectivity index (χ1n) is 10.2. The lowest BCUT2D eigenvalue weighted by atomic mass is 10.2. The Bertz CT molecular complexity index is 681. The Morgan fingerprint density at radius 3 is 2.20 bits per heavy atom. The molecule has 0 radical (unpaired) electrons. The summed E-state index contributed by atoms with van der Waals surface area (Å²) in [6.07, 6.45) is 0.565. The van der Waals surface area contributed by atoms with Gasteiger partial charge in [0.2, 0.25) is 0 Å². The van der Waals surface area contributed by atoms with Gasteiger partial charge in [0.1, 0.15) is 12.4 Å². The van der Waals surface area contributed by atoms with Crippen LogP contribution in [0.2, 0.25) is 0 Å². The molecule has 0 amide bonds. The minimum Gasteiger partial charge on any atom is -0.491 e. The second kappa shape index (κ2) is 14.5. The largest absolute Gasteiger partial charge is 0.491 e. The van der Waals surface area contributed by atoms with Gasteiger partial charge in [0.15, 0.2) is 0 Å². The van der Waals surface area contributed by atoms with Gasteiger partial charge in [-0.25, -0.2) is 0 Å². The molecule has 0 aliphatic carbocycles. The summed E-state index contributed by atoms with van der Waals surface area (Å²) in [7, 11) is 0. The molecule has 1 aliphatic rings. The predicted molar refractivity (Wildman–Crippen MR) is 128 cm³/mol. The van der Waals surface area contributed by atoms with Crippen LogP contribution in [0.3, 0.4) is 0 Å². The van der Waals surface area contributed by atoms with Crippen molar-refractivity contribution < 1.29 is 14.6 Å². The number of aryl methyl sites for hydroxylation is 1. The Morgan fingerprint density at radius 1 is 0.900 bits per heavy atom. The van der Waals surface area contributed by atoms with Crippen molar-refractivity contribution in [3.63, 3.8) is 0 Å². The summed E-state index contributed by atoms with van der Waals surface area (Å²) >= 11 is 0. The van der Waals surface area contributed by atoms with Crippen molar-refractivity contribution in [3.05, 3.63) is 60.2 Å². The quantitative estimate of drug-likeness (QED) is 0.552. The fourth-order valence-electron chi connectivity index (χ4n) is 3.44. The van der Waals surface area contributed by atoms with Crippen molar-refractivity contribution >= 4 is 30.5 Å². The van der Waals surface area contributed by atoms with Crippen LogP contribution in [0, 0.1) is 0 Å². The minimum absolute atomic E-state index is 0. The first-order valence-corrected chi connectivity index (χ1v) is 10.2. The van der Waals surface area contributed by atoms with E-state index in [2.05, 4.69) is 53.1 Å². The average molecular weight is 457 g/mol. The highest BCUT2D eigenvalue weighted by Gasteiger charge is 2.19. The average Bonchev–Trinajstić information content (AvgIpc) is 2.75. The van der Waals surface area contributed by atoms with Gasteiger partial charge in [-0.3, -0.25) is 4.90 Å². The zero-order valence-corrected chi connectivity index (χ0v) is 19.2. The number of aliphatic hydroxyl groups excluding tert-OH is 1. The van der Waals surface area contributed by atoms with Crippen LogP contribution in [0.5, 0.6) is 5.75 Å². The number of rotatable bonds is 10. The van der Waals surface area contributed by atoms with Crippen LogP contribution in [0.25, 0.3) is 0 Å². The van der Waals surface area contributed by atoms with Gasteiger partial charge in [-0.15, -0.1) is 24.8 Å². The monoisotopic (exact) mass is 456 g/mol. The van der Waals surface area contributed by atoms with E-state index in [0.717, 1.165) is 38.3 Å². The van der Waals surface area contributed by atoms with E-state index in [1.165, 1.54) is 11.3 Å². The number of nitrogens with zero attached hydrogens (tertiary/aromatic N) is 2. The first-order chi connectivity index (χ1) is 13.7. The lowest BCUT2D eigenvalue weighted by Crippen LogP contribution is -2.49. The number of piperazine rings is 1. The molecule has 1 fully saturated rings. The number of benzene rings is 2. The van der Waals surface area contributed by atoms with Crippen LogP contribution >= 0.6 is 24.8 Å². The maximum Gasteiger partial charge on any atom is 0.119 e. The van der Waals surface area contributed by atoms with Gasteiger partial charge in [0.25, 0.3) is 0 Å². The second-order valence-electron chi connectivity index (χ2n) is 7.20. The zero-order valence-electron chi connectivity index (χ0n) is 17.6. The standard InChI is InChI=1S/C23H32N2O3.2ClH/c1-2-20-8-10-23(11-9-20)28-17-16-27-19-22(26)18-24-12-14-25(15-13-24)21-6-4-3-5-7-21;;/h3-11,22,26H,2,12-19H2,1H3;2*1H. The SMILES string of the molecule is CCc1ccc(OCCOCC(O)CN2CCN(c3ccccc3)CC2)cc1.Cl.Cl. The molecule has 1 atom stereocenters. The third kappa shape index (κ3) is 8.70. The summed E-state index contributed by atoms with van der Waals surface area (Å²) in [6, 6.07) is 18.6.